The topological polar surface area (TPSA) is 124 Å². The summed E-state index contributed by atoms with van der Waals surface area (Å²) in [6.45, 7) is 0. The summed E-state index contributed by atoms with van der Waals surface area (Å²) in [5.41, 5.74) is 1.27. The molecule has 3 aromatic carbocycles. The highest BCUT2D eigenvalue weighted by molar-refractivity contribution is 7.92. The Hall–Kier alpha value is -4.38. The van der Waals surface area contributed by atoms with Gasteiger partial charge in [-0.05, 0) is 48.5 Å². The van der Waals surface area contributed by atoms with E-state index >= 15 is 0 Å². The molecule has 10 nitrogen and oxygen atoms in total. The Morgan fingerprint density at radius 3 is 2.31 bits per heavy atom. The molecule has 0 radical (unpaired) electrons. The molecule has 0 fully saturated rings. The first kappa shape index (κ1) is 23.8. The van der Waals surface area contributed by atoms with E-state index in [1.54, 1.807) is 48.5 Å². The molecule has 1 heterocycles. The number of methoxy groups -OCH3 is 2. The van der Waals surface area contributed by atoms with Crippen molar-refractivity contribution in [1.29, 1.82) is 0 Å². The van der Waals surface area contributed by atoms with Crippen molar-refractivity contribution in [2.45, 2.75) is 4.90 Å². The summed E-state index contributed by atoms with van der Waals surface area (Å²) in [6.07, 6.45) is 0. The van der Waals surface area contributed by atoms with Gasteiger partial charge in [-0.25, -0.2) is 8.42 Å². The van der Waals surface area contributed by atoms with Crippen molar-refractivity contribution in [2.75, 3.05) is 30.9 Å². The maximum atomic E-state index is 12.9. The lowest BCUT2D eigenvalue weighted by molar-refractivity contribution is 0.102. The highest BCUT2D eigenvalue weighted by Gasteiger charge is 2.22. The summed E-state index contributed by atoms with van der Waals surface area (Å²) in [5, 5.41) is 10.3. The van der Waals surface area contributed by atoms with E-state index in [0.29, 0.717) is 22.7 Å². The number of nitrogens with one attached hydrogen (secondary N) is 1. The summed E-state index contributed by atoms with van der Waals surface area (Å²) in [5.74, 6) is 0.662. The SMILES string of the molecule is COc1ccc(-c2nnc(NC(=O)c3ccc(S(=O)(=O)N(C)c4ccccc4)cc3)o2)c(OC)c1. The van der Waals surface area contributed by atoms with Gasteiger partial charge in [0.15, 0.2) is 0 Å². The lowest BCUT2D eigenvalue weighted by Crippen LogP contribution is -2.26. The lowest BCUT2D eigenvalue weighted by atomic mass is 10.2. The predicted molar refractivity (Wildman–Crippen MR) is 129 cm³/mol. The molecule has 0 bridgehead atoms. The number of carbonyl (C=O) groups excluding carboxylic acids is 1. The number of anilines is 2. The van der Waals surface area contributed by atoms with Crippen LogP contribution in [0, 0.1) is 0 Å². The van der Waals surface area contributed by atoms with Gasteiger partial charge in [-0.3, -0.25) is 14.4 Å². The quantitative estimate of drug-likeness (QED) is 0.392. The van der Waals surface area contributed by atoms with Crippen molar-refractivity contribution < 1.29 is 27.1 Å². The smallest absolute Gasteiger partial charge is 0.322 e. The third kappa shape index (κ3) is 4.94. The largest absolute Gasteiger partial charge is 0.497 e. The van der Waals surface area contributed by atoms with Crippen molar-refractivity contribution in [1.82, 2.24) is 10.2 Å². The Balaban J connectivity index is 1.49. The number of aromatic nitrogens is 2. The van der Waals surface area contributed by atoms with Gasteiger partial charge in [0, 0.05) is 18.7 Å². The van der Waals surface area contributed by atoms with Crippen molar-refractivity contribution in [2.24, 2.45) is 0 Å². The normalized spacial score (nSPS) is 11.1. The van der Waals surface area contributed by atoms with Gasteiger partial charge >= 0.3 is 6.01 Å². The predicted octanol–water partition coefficient (Wildman–Crippen LogP) is 3.83. The lowest BCUT2D eigenvalue weighted by Gasteiger charge is -2.19. The van der Waals surface area contributed by atoms with Crippen LogP contribution in [0.25, 0.3) is 11.5 Å². The van der Waals surface area contributed by atoms with Gasteiger partial charge in [-0.2, -0.15) is 0 Å². The summed E-state index contributed by atoms with van der Waals surface area (Å²) in [4.78, 5) is 12.7. The molecule has 1 aromatic heterocycles. The first-order valence-electron chi connectivity index (χ1n) is 10.3. The first-order chi connectivity index (χ1) is 16.8. The summed E-state index contributed by atoms with van der Waals surface area (Å²) in [6, 6.07) is 19.2. The monoisotopic (exact) mass is 494 g/mol. The van der Waals surface area contributed by atoms with E-state index in [4.69, 9.17) is 13.9 Å². The Labute approximate surface area is 202 Å². The van der Waals surface area contributed by atoms with Crippen LogP contribution in [0.3, 0.4) is 0 Å². The highest BCUT2D eigenvalue weighted by Crippen LogP contribution is 2.33. The first-order valence-corrected chi connectivity index (χ1v) is 11.8. The number of ether oxygens (including phenoxy) is 2. The van der Waals surface area contributed by atoms with Gasteiger partial charge in [0.2, 0.25) is 0 Å². The number of hydrogen-bond donors (Lipinski definition) is 1. The van der Waals surface area contributed by atoms with E-state index in [1.807, 2.05) is 0 Å². The average Bonchev–Trinajstić information content (AvgIpc) is 3.36. The fourth-order valence-corrected chi connectivity index (χ4v) is 4.44. The summed E-state index contributed by atoms with van der Waals surface area (Å²) < 4.78 is 43.1. The van der Waals surface area contributed by atoms with E-state index in [2.05, 4.69) is 15.5 Å². The average molecular weight is 495 g/mol. The molecule has 0 spiro atoms. The molecule has 4 aromatic rings. The number of nitrogens with zero attached hydrogens (tertiary/aromatic N) is 3. The molecule has 0 atom stereocenters. The number of rotatable bonds is 8. The van der Waals surface area contributed by atoms with E-state index in [1.165, 1.54) is 49.8 Å². The number of carbonyl (C=O) groups is 1. The van der Waals surface area contributed by atoms with Gasteiger partial charge in [-0.15, -0.1) is 5.10 Å². The molecule has 4 rings (SSSR count). The van der Waals surface area contributed by atoms with Gasteiger partial charge in [-0.1, -0.05) is 23.3 Å². The van der Waals surface area contributed by atoms with Gasteiger partial charge < -0.3 is 13.9 Å². The van der Waals surface area contributed by atoms with Crippen LogP contribution >= 0.6 is 0 Å². The van der Waals surface area contributed by atoms with Crippen LogP contribution in [0.2, 0.25) is 0 Å². The van der Waals surface area contributed by atoms with Gasteiger partial charge in [0.05, 0.1) is 30.4 Å². The van der Waals surface area contributed by atoms with E-state index < -0.39 is 15.9 Å². The Kier molecular flexibility index (Phi) is 6.69. The molecule has 35 heavy (non-hydrogen) atoms. The summed E-state index contributed by atoms with van der Waals surface area (Å²) >= 11 is 0. The molecular formula is C24H22N4O6S. The minimum atomic E-state index is -3.79. The third-order valence-corrected chi connectivity index (χ3v) is 6.98. The van der Waals surface area contributed by atoms with Crippen molar-refractivity contribution in [3.63, 3.8) is 0 Å². The second-order valence-electron chi connectivity index (χ2n) is 7.27. The zero-order chi connectivity index (χ0) is 25.0. The van der Waals surface area contributed by atoms with Gasteiger partial charge in [0.25, 0.3) is 21.8 Å². The molecule has 11 heteroatoms. The molecular weight excluding hydrogens is 472 g/mol. The molecule has 0 unspecified atom stereocenters. The Bertz CT molecular complexity index is 1440. The number of sulfonamides is 1. The van der Waals surface area contributed by atoms with Crippen LogP contribution in [0.15, 0.2) is 82.1 Å². The van der Waals surface area contributed by atoms with Crippen molar-refractivity contribution >= 4 is 27.6 Å². The van der Waals surface area contributed by atoms with Gasteiger partial charge in [0.1, 0.15) is 11.5 Å². The molecule has 0 aliphatic rings. The van der Waals surface area contributed by atoms with E-state index in [-0.39, 0.29) is 22.4 Å². The molecule has 0 aliphatic carbocycles. The van der Waals surface area contributed by atoms with Crippen molar-refractivity contribution in [3.05, 3.63) is 78.4 Å². The second-order valence-corrected chi connectivity index (χ2v) is 9.23. The maximum Gasteiger partial charge on any atom is 0.322 e. The van der Waals surface area contributed by atoms with Crippen LogP contribution in [-0.2, 0) is 10.0 Å². The van der Waals surface area contributed by atoms with Crippen LogP contribution in [0.4, 0.5) is 11.7 Å². The number of amides is 1. The zero-order valence-electron chi connectivity index (χ0n) is 19.1. The van der Waals surface area contributed by atoms with Crippen molar-refractivity contribution in [3.8, 4) is 23.0 Å². The van der Waals surface area contributed by atoms with Crippen LogP contribution < -0.4 is 19.1 Å². The maximum absolute atomic E-state index is 12.9. The van der Waals surface area contributed by atoms with Crippen LogP contribution in [0.1, 0.15) is 10.4 Å². The van der Waals surface area contributed by atoms with E-state index in [0.717, 1.165) is 0 Å². The Morgan fingerprint density at radius 2 is 1.66 bits per heavy atom. The molecule has 1 N–H and O–H groups in total. The fraction of sp³-hybridized carbons (Fsp3) is 0.125. The van der Waals surface area contributed by atoms with Crippen LogP contribution in [0.5, 0.6) is 11.5 Å². The van der Waals surface area contributed by atoms with E-state index in [9.17, 15) is 13.2 Å². The molecule has 180 valence electrons. The zero-order valence-corrected chi connectivity index (χ0v) is 19.9. The number of benzene rings is 3. The summed E-state index contributed by atoms with van der Waals surface area (Å²) in [7, 11) is 0.715. The standard InChI is InChI=1S/C24H22N4O6S/c1-28(17-7-5-4-6-8-17)35(30,31)19-12-9-16(10-13-19)22(29)25-24-27-26-23(34-24)20-14-11-18(32-2)15-21(20)33-3/h4-15H,1-3H3,(H,25,27,29). The minimum Gasteiger partial charge on any atom is -0.497 e. The molecule has 1 amide bonds. The molecule has 0 saturated heterocycles. The Morgan fingerprint density at radius 1 is 0.943 bits per heavy atom. The molecule has 0 aliphatic heterocycles. The number of para-hydroxylation sites is 1. The highest BCUT2D eigenvalue weighted by atomic mass is 32.2. The number of hydrogen-bond acceptors (Lipinski definition) is 8. The second kappa shape index (κ2) is 9.85. The molecule has 0 saturated carbocycles. The minimum absolute atomic E-state index is 0.0482. The third-order valence-electron chi connectivity index (χ3n) is 5.18. The fourth-order valence-electron chi connectivity index (χ4n) is 3.24. The van der Waals surface area contributed by atoms with Crippen LogP contribution in [-0.4, -0.2) is 45.8 Å².